The Labute approximate surface area is 236 Å². The number of halogens is 1. The summed E-state index contributed by atoms with van der Waals surface area (Å²) in [6.45, 7) is 7.91. The second-order valence-corrected chi connectivity index (χ2v) is 12.2. The summed E-state index contributed by atoms with van der Waals surface area (Å²) in [5, 5.41) is 3.27. The topological polar surface area (TPSA) is 86.8 Å². The molecule has 2 amide bonds. The van der Waals surface area contributed by atoms with Crippen molar-refractivity contribution in [3.8, 4) is 0 Å². The van der Waals surface area contributed by atoms with Crippen molar-refractivity contribution in [3.63, 3.8) is 0 Å². The van der Waals surface area contributed by atoms with Crippen LogP contribution in [-0.2, 0) is 26.2 Å². The Morgan fingerprint density at radius 3 is 2.26 bits per heavy atom. The molecular weight excluding hydrogens is 534 g/mol. The Bertz CT molecular complexity index is 1380. The number of nitrogens with one attached hydrogen (secondary N) is 1. The van der Waals surface area contributed by atoms with E-state index in [4.69, 9.17) is 11.6 Å². The van der Waals surface area contributed by atoms with Crippen molar-refractivity contribution in [2.75, 3.05) is 17.4 Å². The molecule has 1 atom stereocenters. The van der Waals surface area contributed by atoms with Crippen LogP contribution >= 0.6 is 11.6 Å². The summed E-state index contributed by atoms with van der Waals surface area (Å²) < 4.78 is 28.6. The molecule has 0 radical (unpaired) electrons. The first kappa shape index (κ1) is 30.2. The summed E-state index contributed by atoms with van der Waals surface area (Å²) in [4.78, 5) is 28.8. The molecule has 0 saturated heterocycles. The highest BCUT2D eigenvalue weighted by atomic mass is 35.5. The number of amides is 2. The highest BCUT2D eigenvalue weighted by Crippen LogP contribution is 2.27. The largest absolute Gasteiger partial charge is 0.354 e. The monoisotopic (exact) mass is 569 g/mol. The van der Waals surface area contributed by atoms with Crippen LogP contribution in [0, 0.1) is 12.8 Å². The quantitative estimate of drug-likeness (QED) is 0.315. The van der Waals surface area contributed by atoms with Gasteiger partial charge in [-0.3, -0.25) is 13.9 Å². The van der Waals surface area contributed by atoms with Crippen LogP contribution in [0.4, 0.5) is 5.69 Å². The van der Waals surface area contributed by atoms with E-state index in [0.29, 0.717) is 18.0 Å². The third kappa shape index (κ3) is 8.07. The maximum atomic E-state index is 14.0. The summed E-state index contributed by atoms with van der Waals surface area (Å²) in [6.07, 6.45) is 0.365. The zero-order chi connectivity index (χ0) is 28.6. The summed E-state index contributed by atoms with van der Waals surface area (Å²) >= 11 is 6.21. The third-order valence-corrected chi connectivity index (χ3v) is 8.24. The van der Waals surface area contributed by atoms with Crippen molar-refractivity contribution < 1.29 is 18.0 Å². The van der Waals surface area contributed by atoms with Crippen molar-refractivity contribution in [2.45, 2.75) is 51.6 Å². The summed E-state index contributed by atoms with van der Waals surface area (Å²) in [7, 11) is -4.13. The number of hydrogen-bond acceptors (Lipinski definition) is 4. The van der Waals surface area contributed by atoms with Gasteiger partial charge in [0.1, 0.15) is 12.6 Å². The zero-order valence-electron chi connectivity index (χ0n) is 22.8. The van der Waals surface area contributed by atoms with Crippen LogP contribution in [0.2, 0.25) is 5.02 Å². The number of benzene rings is 3. The van der Waals surface area contributed by atoms with Crippen molar-refractivity contribution in [1.82, 2.24) is 10.2 Å². The first-order valence-corrected chi connectivity index (χ1v) is 14.8. The van der Waals surface area contributed by atoms with Gasteiger partial charge >= 0.3 is 0 Å². The van der Waals surface area contributed by atoms with Gasteiger partial charge in [-0.15, -0.1) is 0 Å². The maximum Gasteiger partial charge on any atom is 0.264 e. The van der Waals surface area contributed by atoms with E-state index in [0.717, 1.165) is 15.4 Å². The van der Waals surface area contributed by atoms with Gasteiger partial charge in [0.25, 0.3) is 10.0 Å². The predicted molar refractivity (Wildman–Crippen MR) is 156 cm³/mol. The molecule has 0 heterocycles. The van der Waals surface area contributed by atoms with E-state index in [2.05, 4.69) is 5.32 Å². The van der Waals surface area contributed by atoms with Crippen molar-refractivity contribution in [1.29, 1.82) is 0 Å². The Morgan fingerprint density at radius 2 is 1.64 bits per heavy atom. The lowest BCUT2D eigenvalue weighted by Crippen LogP contribution is -2.52. The van der Waals surface area contributed by atoms with E-state index in [1.165, 1.54) is 23.1 Å². The molecule has 0 spiro atoms. The van der Waals surface area contributed by atoms with Gasteiger partial charge in [-0.2, -0.15) is 0 Å². The highest BCUT2D eigenvalue weighted by Gasteiger charge is 2.33. The minimum atomic E-state index is -4.13. The fraction of sp³-hybridized carbons (Fsp3) is 0.333. The van der Waals surface area contributed by atoms with Crippen LogP contribution in [0.1, 0.15) is 38.3 Å². The molecule has 7 nitrogen and oxygen atoms in total. The zero-order valence-corrected chi connectivity index (χ0v) is 24.4. The van der Waals surface area contributed by atoms with Crippen molar-refractivity contribution in [2.24, 2.45) is 5.92 Å². The van der Waals surface area contributed by atoms with Gasteiger partial charge in [-0.25, -0.2) is 8.42 Å². The smallest absolute Gasteiger partial charge is 0.264 e. The lowest BCUT2D eigenvalue weighted by molar-refractivity contribution is -0.140. The minimum Gasteiger partial charge on any atom is -0.354 e. The van der Waals surface area contributed by atoms with E-state index in [9.17, 15) is 18.0 Å². The summed E-state index contributed by atoms with van der Waals surface area (Å²) in [6, 6.07) is 21.2. The molecule has 1 N–H and O–H groups in total. The van der Waals surface area contributed by atoms with Crippen LogP contribution in [0.5, 0.6) is 0 Å². The van der Waals surface area contributed by atoms with E-state index in [-0.39, 0.29) is 29.0 Å². The summed E-state index contributed by atoms with van der Waals surface area (Å²) in [5.41, 5.74) is 2.12. The average Bonchev–Trinajstić information content (AvgIpc) is 2.90. The van der Waals surface area contributed by atoms with Gasteiger partial charge in [0.15, 0.2) is 0 Å². The number of nitrogens with zero attached hydrogens (tertiary/aromatic N) is 2. The van der Waals surface area contributed by atoms with E-state index < -0.39 is 28.5 Å². The normalized spacial score (nSPS) is 12.2. The Balaban J connectivity index is 2.04. The molecule has 1 unspecified atom stereocenters. The standard InChI is InChI=1S/C30H36ClN3O4S/c1-5-28(30(36)32-19-22(2)3)33(20-24-12-9-11-23(4)17-24)29(35)21-34(26-14-10-13-25(31)18-26)39(37,38)27-15-7-6-8-16-27/h6-18,22,28H,5,19-21H2,1-4H3,(H,32,36). The van der Waals surface area contributed by atoms with Crippen LogP contribution < -0.4 is 9.62 Å². The van der Waals surface area contributed by atoms with E-state index in [1.807, 2.05) is 52.0 Å². The Hall–Kier alpha value is -3.36. The van der Waals surface area contributed by atoms with Crippen molar-refractivity contribution in [3.05, 3.63) is 95.0 Å². The number of carbonyl (C=O) groups is 2. The molecule has 3 rings (SSSR count). The molecule has 0 aliphatic rings. The number of sulfonamides is 1. The Kier molecular flexibility index (Phi) is 10.5. The molecule has 39 heavy (non-hydrogen) atoms. The maximum absolute atomic E-state index is 14.0. The molecule has 0 aliphatic heterocycles. The second kappa shape index (κ2) is 13.6. The fourth-order valence-corrected chi connectivity index (χ4v) is 5.84. The highest BCUT2D eigenvalue weighted by molar-refractivity contribution is 7.92. The van der Waals surface area contributed by atoms with E-state index in [1.54, 1.807) is 36.4 Å². The molecule has 0 aromatic heterocycles. The third-order valence-electron chi connectivity index (χ3n) is 6.21. The molecule has 0 saturated carbocycles. The second-order valence-electron chi connectivity index (χ2n) is 9.88. The molecule has 3 aromatic rings. The van der Waals surface area contributed by atoms with Gasteiger partial charge in [-0.1, -0.05) is 86.5 Å². The SMILES string of the molecule is CCC(C(=O)NCC(C)C)N(Cc1cccc(C)c1)C(=O)CN(c1cccc(Cl)c1)S(=O)(=O)c1ccccc1. The number of carbonyl (C=O) groups excluding carboxylic acids is 2. The van der Waals surface area contributed by atoms with Crippen LogP contribution in [-0.4, -0.2) is 44.3 Å². The molecule has 0 fully saturated rings. The average molecular weight is 570 g/mol. The number of aryl methyl sites for hydroxylation is 1. The van der Waals surface area contributed by atoms with Gasteiger partial charge < -0.3 is 10.2 Å². The lowest BCUT2D eigenvalue weighted by Gasteiger charge is -2.33. The van der Waals surface area contributed by atoms with Crippen LogP contribution in [0.3, 0.4) is 0 Å². The van der Waals surface area contributed by atoms with Crippen LogP contribution in [0.25, 0.3) is 0 Å². The van der Waals surface area contributed by atoms with Gasteiger partial charge in [0, 0.05) is 18.1 Å². The van der Waals surface area contributed by atoms with Gasteiger partial charge in [0.05, 0.1) is 10.6 Å². The number of rotatable bonds is 12. The lowest BCUT2D eigenvalue weighted by atomic mass is 10.1. The first-order chi connectivity index (χ1) is 18.5. The first-order valence-electron chi connectivity index (χ1n) is 13.0. The molecule has 3 aromatic carbocycles. The molecule has 208 valence electrons. The van der Waals surface area contributed by atoms with E-state index >= 15 is 0 Å². The van der Waals surface area contributed by atoms with Gasteiger partial charge in [0.2, 0.25) is 11.8 Å². The minimum absolute atomic E-state index is 0.0460. The predicted octanol–water partition coefficient (Wildman–Crippen LogP) is 5.42. The molecule has 0 aliphatic carbocycles. The molecular formula is C30H36ClN3O4S. The Morgan fingerprint density at radius 1 is 0.949 bits per heavy atom. The summed E-state index contributed by atoms with van der Waals surface area (Å²) in [5.74, 6) is -0.531. The van der Waals surface area contributed by atoms with Crippen molar-refractivity contribution >= 4 is 39.1 Å². The number of anilines is 1. The fourth-order valence-electron chi connectivity index (χ4n) is 4.23. The molecule has 0 bridgehead atoms. The van der Waals surface area contributed by atoms with Crippen LogP contribution in [0.15, 0.2) is 83.8 Å². The number of hydrogen-bond donors (Lipinski definition) is 1. The molecule has 9 heteroatoms. The van der Waals surface area contributed by atoms with Gasteiger partial charge in [-0.05, 0) is 55.2 Å².